The maximum Gasteiger partial charge on any atom is 0.153 e. The lowest BCUT2D eigenvalue weighted by Gasteiger charge is -1.90. The second kappa shape index (κ2) is 3.79. The normalized spacial score (nSPS) is 11.1. The van der Waals surface area contributed by atoms with Crippen LogP contribution in [0.3, 0.4) is 0 Å². The first-order valence-electron chi connectivity index (χ1n) is 4.01. The van der Waals surface area contributed by atoms with Gasteiger partial charge in [-0.15, -0.1) is 22.9 Å². The van der Waals surface area contributed by atoms with Crippen molar-refractivity contribution in [1.82, 2.24) is 4.98 Å². The summed E-state index contributed by atoms with van der Waals surface area (Å²) in [6.45, 7) is 0. The molecule has 2 aromatic rings. The Labute approximate surface area is 88.3 Å². The van der Waals surface area contributed by atoms with Crippen LogP contribution >= 0.6 is 22.9 Å². The summed E-state index contributed by atoms with van der Waals surface area (Å²) in [5.74, 6) is -0.752. The lowest BCUT2D eigenvalue weighted by molar-refractivity contribution is 0.591. The summed E-state index contributed by atoms with van der Waals surface area (Å²) in [5, 5.41) is 0.736. The molecular weight excluding hydrogens is 228 g/mol. The lowest BCUT2D eigenvalue weighted by Crippen LogP contribution is -1.84. The Morgan fingerprint density at radius 3 is 2.86 bits per heavy atom. The first kappa shape index (κ1) is 9.80. The van der Waals surface area contributed by atoms with Gasteiger partial charge in [0.25, 0.3) is 0 Å². The number of hydrogen-bond donors (Lipinski definition) is 0. The Morgan fingerprint density at radius 2 is 2.14 bits per heavy atom. The average molecular weight is 234 g/mol. The second-order valence-electron chi connectivity index (χ2n) is 2.78. The van der Waals surface area contributed by atoms with Gasteiger partial charge in [0.05, 0.1) is 9.71 Å². The van der Waals surface area contributed by atoms with E-state index in [2.05, 4.69) is 4.98 Å². The van der Waals surface area contributed by atoms with Gasteiger partial charge in [-0.05, 0) is 6.07 Å². The molecule has 0 bridgehead atoms. The summed E-state index contributed by atoms with van der Waals surface area (Å²) >= 11 is 6.81. The predicted molar refractivity (Wildman–Crippen MR) is 54.0 cm³/mol. The van der Waals surface area contributed by atoms with Crippen LogP contribution < -0.4 is 0 Å². The number of rotatable bonds is 2. The highest BCUT2D eigenvalue weighted by Gasteiger charge is 2.09. The minimum absolute atomic E-state index is 0.233. The van der Waals surface area contributed by atoms with Crippen LogP contribution in [0.5, 0.6) is 0 Å². The van der Waals surface area contributed by atoms with E-state index in [1.807, 2.05) is 0 Å². The minimum Gasteiger partial charge on any atom is -0.238 e. The van der Waals surface area contributed by atoms with E-state index in [-0.39, 0.29) is 5.52 Å². The maximum absolute atomic E-state index is 13.2. The first-order valence-corrected chi connectivity index (χ1v) is 5.36. The van der Waals surface area contributed by atoms with Crippen LogP contribution in [0.1, 0.15) is 5.01 Å². The Morgan fingerprint density at radius 1 is 1.36 bits per heavy atom. The van der Waals surface area contributed by atoms with Gasteiger partial charge in [-0.1, -0.05) is 0 Å². The predicted octanol–water partition coefficient (Wildman–Crippen LogP) is 3.36. The van der Waals surface area contributed by atoms with Gasteiger partial charge in [-0.3, -0.25) is 0 Å². The largest absolute Gasteiger partial charge is 0.238 e. The molecular formula is C9H6ClF2NS. The first-order chi connectivity index (χ1) is 6.70. The number of thiazole rings is 1. The molecule has 74 valence electrons. The van der Waals surface area contributed by atoms with E-state index < -0.39 is 11.6 Å². The van der Waals surface area contributed by atoms with Crippen molar-refractivity contribution in [3.05, 3.63) is 28.8 Å². The molecule has 0 unspecified atom stereocenters. The molecule has 2 rings (SSSR count). The Bertz CT molecular complexity index is 469. The molecule has 0 saturated carbocycles. The van der Waals surface area contributed by atoms with Crippen LogP contribution in [0, 0.1) is 11.6 Å². The molecule has 0 atom stereocenters. The molecule has 0 N–H and O–H groups in total. The van der Waals surface area contributed by atoms with Gasteiger partial charge < -0.3 is 0 Å². The summed E-state index contributed by atoms with van der Waals surface area (Å²) in [4.78, 5) is 4.04. The number of alkyl halides is 1. The van der Waals surface area contributed by atoms with Crippen molar-refractivity contribution in [3.8, 4) is 0 Å². The van der Waals surface area contributed by atoms with Gasteiger partial charge in [-0.2, -0.15) is 0 Å². The van der Waals surface area contributed by atoms with Crippen molar-refractivity contribution in [2.45, 2.75) is 6.42 Å². The Kier molecular flexibility index (Phi) is 2.65. The minimum atomic E-state index is -0.614. The van der Waals surface area contributed by atoms with Crippen LogP contribution in [0.25, 0.3) is 10.2 Å². The van der Waals surface area contributed by atoms with E-state index >= 15 is 0 Å². The Balaban J connectivity index is 2.58. The molecule has 14 heavy (non-hydrogen) atoms. The molecule has 0 saturated heterocycles. The monoisotopic (exact) mass is 233 g/mol. The number of aryl methyl sites for hydroxylation is 1. The molecule has 0 aliphatic rings. The molecule has 0 aliphatic carbocycles. The third-order valence-corrected chi connectivity index (χ3v) is 3.02. The number of halogens is 3. The Hall–Kier alpha value is -0.740. The van der Waals surface area contributed by atoms with E-state index in [0.717, 1.165) is 11.1 Å². The highest BCUT2D eigenvalue weighted by molar-refractivity contribution is 7.18. The summed E-state index contributed by atoms with van der Waals surface area (Å²) < 4.78 is 26.5. The summed E-state index contributed by atoms with van der Waals surface area (Å²) in [6, 6.07) is 2.13. The summed E-state index contributed by atoms with van der Waals surface area (Å²) in [5.41, 5.74) is 0.233. The van der Waals surface area contributed by atoms with Crippen molar-refractivity contribution in [1.29, 1.82) is 0 Å². The molecule has 1 aromatic carbocycles. The zero-order chi connectivity index (χ0) is 10.1. The van der Waals surface area contributed by atoms with Crippen molar-refractivity contribution in [3.63, 3.8) is 0 Å². The number of aromatic nitrogens is 1. The van der Waals surface area contributed by atoms with Gasteiger partial charge in [0.15, 0.2) is 5.82 Å². The van der Waals surface area contributed by atoms with Gasteiger partial charge in [0.1, 0.15) is 11.3 Å². The number of hydrogen-bond acceptors (Lipinski definition) is 2. The maximum atomic E-state index is 13.2. The fourth-order valence-corrected chi connectivity index (χ4v) is 2.49. The molecule has 0 aliphatic heterocycles. The van der Waals surface area contributed by atoms with E-state index in [1.165, 1.54) is 17.4 Å². The quantitative estimate of drug-likeness (QED) is 0.725. The van der Waals surface area contributed by atoms with Gasteiger partial charge in [-0.25, -0.2) is 13.8 Å². The zero-order valence-corrected chi connectivity index (χ0v) is 8.63. The van der Waals surface area contributed by atoms with Crippen LogP contribution in [-0.4, -0.2) is 10.9 Å². The average Bonchev–Trinajstić information content (AvgIpc) is 2.48. The standard InChI is InChI=1S/C9H6ClF2NS/c10-2-1-8-13-9-6(12)3-5(11)4-7(9)14-8/h3-4H,1-2H2. The van der Waals surface area contributed by atoms with E-state index in [9.17, 15) is 8.78 Å². The molecule has 0 amide bonds. The van der Waals surface area contributed by atoms with E-state index in [1.54, 1.807) is 0 Å². The number of nitrogens with zero attached hydrogens (tertiary/aromatic N) is 1. The van der Waals surface area contributed by atoms with Crippen LogP contribution in [0.4, 0.5) is 8.78 Å². The molecule has 5 heteroatoms. The third kappa shape index (κ3) is 1.72. The van der Waals surface area contributed by atoms with Crippen LogP contribution in [0.2, 0.25) is 0 Å². The molecule has 1 aromatic heterocycles. The van der Waals surface area contributed by atoms with Crippen LogP contribution in [-0.2, 0) is 6.42 Å². The molecule has 1 heterocycles. The van der Waals surface area contributed by atoms with Gasteiger partial charge in [0.2, 0.25) is 0 Å². The lowest BCUT2D eigenvalue weighted by atomic mass is 10.3. The smallest absolute Gasteiger partial charge is 0.153 e. The van der Waals surface area contributed by atoms with Gasteiger partial charge in [0, 0.05) is 18.4 Å². The third-order valence-electron chi connectivity index (χ3n) is 1.77. The summed E-state index contributed by atoms with van der Waals surface area (Å²) in [6.07, 6.45) is 0.585. The fraction of sp³-hybridized carbons (Fsp3) is 0.222. The SMILES string of the molecule is Fc1cc(F)c2nc(CCCl)sc2c1. The summed E-state index contributed by atoms with van der Waals surface area (Å²) in [7, 11) is 0. The van der Waals surface area contributed by atoms with Crippen molar-refractivity contribution in [2.24, 2.45) is 0 Å². The van der Waals surface area contributed by atoms with Crippen molar-refractivity contribution >= 4 is 33.2 Å². The van der Waals surface area contributed by atoms with E-state index in [0.29, 0.717) is 17.0 Å². The zero-order valence-electron chi connectivity index (χ0n) is 7.06. The molecule has 0 fully saturated rings. The van der Waals surface area contributed by atoms with E-state index in [4.69, 9.17) is 11.6 Å². The number of benzene rings is 1. The van der Waals surface area contributed by atoms with Crippen molar-refractivity contribution in [2.75, 3.05) is 5.88 Å². The van der Waals surface area contributed by atoms with Crippen molar-refractivity contribution < 1.29 is 8.78 Å². The van der Waals surface area contributed by atoms with Gasteiger partial charge >= 0.3 is 0 Å². The highest BCUT2D eigenvalue weighted by Crippen LogP contribution is 2.25. The number of fused-ring (bicyclic) bond motifs is 1. The van der Waals surface area contributed by atoms with Crippen LogP contribution in [0.15, 0.2) is 12.1 Å². The topological polar surface area (TPSA) is 12.9 Å². The highest BCUT2D eigenvalue weighted by atomic mass is 35.5. The molecule has 0 spiro atoms. The molecule has 1 nitrogen and oxygen atoms in total. The fourth-order valence-electron chi connectivity index (χ4n) is 1.19. The molecule has 0 radical (unpaired) electrons. The second-order valence-corrected chi connectivity index (χ2v) is 4.27.